The lowest BCUT2D eigenvalue weighted by Crippen LogP contribution is -2.28. The van der Waals surface area contributed by atoms with E-state index in [2.05, 4.69) is 15.0 Å². The van der Waals surface area contributed by atoms with Crippen molar-refractivity contribution in [2.75, 3.05) is 13.2 Å². The van der Waals surface area contributed by atoms with E-state index >= 15 is 0 Å². The van der Waals surface area contributed by atoms with Gasteiger partial charge in [-0.25, -0.2) is 4.98 Å². The van der Waals surface area contributed by atoms with Crippen molar-refractivity contribution >= 4 is 23.6 Å². The molecule has 0 saturated carbocycles. The molecule has 2 aromatic rings. The van der Waals surface area contributed by atoms with Gasteiger partial charge in [0.05, 0.1) is 5.57 Å². The number of carbonyl (C=O) groups is 1. The lowest BCUT2D eigenvalue weighted by molar-refractivity contribution is -0.154. The summed E-state index contributed by atoms with van der Waals surface area (Å²) in [4.78, 5) is 16.0. The van der Waals surface area contributed by atoms with Crippen molar-refractivity contribution in [3.05, 3.63) is 58.3 Å². The molecule has 1 N–H and O–H groups in total. The van der Waals surface area contributed by atoms with Gasteiger partial charge in [-0.05, 0) is 35.9 Å². The van der Waals surface area contributed by atoms with Gasteiger partial charge in [0.25, 0.3) is 5.91 Å². The molecular weight excluding hydrogens is 385 g/mol. The van der Waals surface area contributed by atoms with Crippen molar-refractivity contribution in [3.8, 4) is 11.6 Å². The van der Waals surface area contributed by atoms with Crippen LogP contribution in [0.2, 0.25) is 5.02 Å². The zero-order chi connectivity index (χ0) is 19.4. The summed E-state index contributed by atoms with van der Waals surface area (Å²) < 4.78 is 46.7. The number of fused-ring (bicyclic) bond motifs is 1. The van der Waals surface area contributed by atoms with E-state index in [1.807, 2.05) is 0 Å². The van der Waals surface area contributed by atoms with E-state index in [0.717, 1.165) is 0 Å². The van der Waals surface area contributed by atoms with Gasteiger partial charge in [-0.3, -0.25) is 4.79 Å². The highest BCUT2D eigenvalue weighted by Gasteiger charge is 2.28. The molecule has 27 heavy (non-hydrogen) atoms. The molecule has 1 aromatic heterocycles. The van der Waals surface area contributed by atoms with Crippen LogP contribution in [-0.2, 0) is 11.3 Å². The molecule has 1 aliphatic rings. The quantitative estimate of drug-likeness (QED) is 0.833. The Bertz CT molecular complexity index is 884. The fourth-order valence-electron chi connectivity index (χ4n) is 2.37. The summed E-state index contributed by atoms with van der Waals surface area (Å²) in [6.45, 7) is -1.22. The number of ether oxygens (including phenoxy) is 2. The summed E-state index contributed by atoms with van der Waals surface area (Å²) in [5.41, 5.74) is 1.66. The number of amides is 1. The Kier molecular flexibility index (Phi) is 5.55. The first-order valence-electron chi connectivity index (χ1n) is 7.86. The topological polar surface area (TPSA) is 60.5 Å². The molecule has 0 spiro atoms. The second-order valence-electron chi connectivity index (χ2n) is 5.73. The first kappa shape index (κ1) is 19.0. The van der Waals surface area contributed by atoms with Crippen molar-refractivity contribution in [2.45, 2.75) is 12.7 Å². The van der Waals surface area contributed by atoms with Gasteiger partial charge in [-0.1, -0.05) is 11.6 Å². The van der Waals surface area contributed by atoms with Crippen LogP contribution in [0, 0.1) is 0 Å². The van der Waals surface area contributed by atoms with E-state index < -0.39 is 12.8 Å². The maximum absolute atomic E-state index is 12.3. The highest BCUT2D eigenvalue weighted by molar-refractivity contribution is 6.30. The average molecular weight is 399 g/mol. The lowest BCUT2D eigenvalue weighted by atomic mass is 10.1. The summed E-state index contributed by atoms with van der Waals surface area (Å²) in [5, 5.41) is 3.21. The molecule has 0 fully saturated rings. The first-order chi connectivity index (χ1) is 12.8. The second-order valence-corrected chi connectivity index (χ2v) is 6.17. The molecule has 0 aliphatic carbocycles. The van der Waals surface area contributed by atoms with E-state index in [1.165, 1.54) is 12.3 Å². The van der Waals surface area contributed by atoms with Gasteiger partial charge in [-0.15, -0.1) is 0 Å². The van der Waals surface area contributed by atoms with Gasteiger partial charge in [0.2, 0.25) is 5.88 Å². The molecule has 0 saturated heterocycles. The molecular formula is C18H14ClF3N2O3. The number of rotatable bonds is 5. The Balaban J connectivity index is 1.61. The van der Waals surface area contributed by atoms with Crippen molar-refractivity contribution in [3.63, 3.8) is 0 Å². The van der Waals surface area contributed by atoms with Crippen LogP contribution >= 0.6 is 11.6 Å². The van der Waals surface area contributed by atoms with Gasteiger partial charge in [0, 0.05) is 29.4 Å². The van der Waals surface area contributed by atoms with Crippen molar-refractivity contribution < 1.29 is 27.4 Å². The molecule has 1 amide bonds. The first-order valence-corrected chi connectivity index (χ1v) is 8.23. The van der Waals surface area contributed by atoms with Crippen molar-refractivity contribution in [2.24, 2.45) is 0 Å². The number of nitrogens with zero attached hydrogens (tertiary/aromatic N) is 1. The Morgan fingerprint density at radius 3 is 2.89 bits per heavy atom. The predicted octanol–water partition coefficient (Wildman–Crippen LogP) is 3.77. The van der Waals surface area contributed by atoms with Crippen molar-refractivity contribution in [1.29, 1.82) is 0 Å². The molecule has 1 aromatic carbocycles. The fourth-order valence-corrected chi connectivity index (χ4v) is 2.55. The summed E-state index contributed by atoms with van der Waals surface area (Å²) in [6.07, 6.45) is -1.45. The number of nitrogens with one attached hydrogen (secondary N) is 1. The van der Waals surface area contributed by atoms with Crippen molar-refractivity contribution in [1.82, 2.24) is 10.3 Å². The largest absolute Gasteiger partial charge is 0.488 e. The Morgan fingerprint density at radius 1 is 1.30 bits per heavy atom. The van der Waals surface area contributed by atoms with Gasteiger partial charge in [0.15, 0.2) is 6.61 Å². The van der Waals surface area contributed by atoms with Crippen LogP contribution in [0.25, 0.3) is 6.08 Å². The van der Waals surface area contributed by atoms with Crippen LogP contribution in [0.15, 0.2) is 42.1 Å². The van der Waals surface area contributed by atoms with Gasteiger partial charge >= 0.3 is 6.18 Å². The number of carbonyl (C=O) groups excluding carboxylic acids is 1. The third-order valence-electron chi connectivity index (χ3n) is 3.61. The molecule has 9 heteroatoms. The number of hydrogen-bond acceptors (Lipinski definition) is 4. The van der Waals surface area contributed by atoms with Crippen LogP contribution in [0.1, 0.15) is 11.1 Å². The van der Waals surface area contributed by atoms with E-state index in [9.17, 15) is 18.0 Å². The maximum atomic E-state index is 12.3. The summed E-state index contributed by atoms with van der Waals surface area (Å²) >= 11 is 5.94. The Morgan fingerprint density at radius 2 is 2.11 bits per heavy atom. The monoisotopic (exact) mass is 398 g/mol. The predicted molar refractivity (Wildman–Crippen MR) is 92.6 cm³/mol. The third-order valence-corrected chi connectivity index (χ3v) is 3.85. The summed E-state index contributed by atoms with van der Waals surface area (Å²) in [5.74, 6) is 0.120. The third kappa shape index (κ3) is 5.37. The van der Waals surface area contributed by atoms with Crippen LogP contribution in [0.5, 0.6) is 11.6 Å². The minimum atomic E-state index is -4.45. The summed E-state index contributed by atoms with van der Waals surface area (Å²) in [6, 6.07) is 8.02. The van der Waals surface area contributed by atoms with Crippen LogP contribution < -0.4 is 14.8 Å². The number of alkyl halides is 3. The fraction of sp³-hybridized carbons (Fsp3) is 0.222. The Labute approximate surface area is 157 Å². The molecule has 0 bridgehead atoms. The van der Waals surface area contributed by atoms with Crippen LogP contribution in [-0.4, -0.2) is 30.3 Å². The number of pyridine rings is 1. The van der Waals surface area contributed by atoms with Gasteiger partial charge in [0.1, 0.15) is 12.4 Å². The molecule has 2 heterocycles. The molecule has 0 atom stereocenters. The normalized spacial score (nSPS) is 13.3. The number of benzene rings is 1. The zero-order valence-electron chi connectivity index (χ0n) is 13.8. The van der Waals surface area contributed by atoms with Gasteiger partial charge in [-0.2, -0.15) is 13.2 Å². The van der Waals surface area contributed by atoms with E-state index in [0.29, 0.717) is 27.5 Å². The van der Waals surface area contributed by atoms with Gasteiger partial charge < -0.3 is 14.8 Å². The molecule has 5 nitrogen and oxygen atoms in total. The van der Waals surface area contributed by atoms with E-state index in [4.69, 9.17) is 16.3 Å². The lowest BCUT2D eigenvalue weighted by Gasteiger charge is -2.18. The molecule has 1 aliphatic heterocycles. The van der Waals surface area contributed by atoms with Crippen LogP contribution in [0.3, 0.4) is 0 Å². The minimum absolute atomic E-state index is 0.101. The smallest absolute Gasteiger partial charge is 0.422 e. The average Bonchev–Trinajstić information content (AvgIpc) is 2.63. The highest BCUT2D eigenvalue weighted by atomic mass is 35.5. The molecule has 142 valence electrons. The van der Waals surface area contributed by atoms with Crippen LogP contribution in [0.4, 0.5) is 13.2 Å². The minimum Gasteiger partial charge on any atom is -0.488 e. The molecule has 0 radical (unpaired) electrons. The number of hydrogen-bond donors (Lipinski definition) is 1. The Hall–Kier alpha value is -2.74. The number of aromatic nitrogens is 1. The molecule has 0 unspecified atom stereocenters. The van der Waals surface area contributed by atoms with E-state index in [-0.39, 0.29) is 24.9 Å². The number of halogens is 4. The highest BCUT2D eigenvalue weighted by Crippen LogP contribution is 2.29. The molecule has 3 rings (SSSR count). The SMILES string of the molecule is O=C(NCc1ccnc(OCC(F)(F)F)c1)C1=Cc2cc(Cl)ccc2OC1. The maximum Gasteiger partial charge on any atom is 0.422 e. The second kappa shape index (κ2) is 7.87. The van der Waals surface area contributed by atoms with E-state index in [1.54, 1.807) is 30.3 Å². The standard InChI is InChI=1S/C18H14ClF3N2O3/c19-14-1-2-15-12(7-14)6-13(9-26-15)17(25)24-8-11-3-4-23-16(5-11)27-10-18(20,21)22/h1-7H,8-10H2,(H,24,25). The zero-order valence-corrected chi connectivity index (χ0v) is 14.6. The summed E-state index contributed by atoms with van der Waals surface area (Å²) in [7, 11) is 0.